The Morgan fingerprint density at radius 2 is 1.63 bits per heavy atom. The maximum absolute atomic E-state index is 12.5. The van der Waals surface area contributed by atoms with Gasteiger partial charge in [-0.05, 0) is 44.9 Å². The molecule has 1 fully saturated rings. The van der Waals surface area contributed by atoms with Crippen LogP contribution in [0.25, 0.3) is 0 Å². The maximum atomic E-state index is 12.5. The van der Waals surface area contributed by atoms with Crippen LogP contribution < -0.4 is 0 Å². The number of hydrogen-bond donors (Lipinski definition) is 0. The Bertz CT molecular complexity index is 244. The van der Waals surface area contributed by atoms with E-state index < -0.39 is 0 Å². The van der Waals surface area contributed by atoms with Gasteiger partial charge < -0.3 is 4.90 Å². The smallest absolute Gasteiger partial charge is 0.225 e. The summed E-state index contributed by atoms with van der Waals surface area (Å²) in [6.07, 6.45) is 11.2. The zero-order valence-electron chi connectivity index (χ0n) is 13.3. The van der Waals surface area contributed by atoms with E-state index in [0.717, 1.165) is 38.3 Å². The first-order valence-electron chi connectivity index (χ1n) is 8.51. The first-order chi connectivity index (χ1) is 9.22. The molecular formula is C17H33NO. The van der Waals surface area contributed by atoms with E-state index in [1.165, 1.54) is 38.5 Å². The third-order valence-electron chi connectivity index (χ3n) is 4.64. The lowest BCUT2D eigenvalue weighted by atomic mass is 9.79. The van der Waals surface area contributed by atoms with E-state index in [4.69, 9.17) is 0 Å². The molecule has 0 spiro atoms. The molecule has 0 aromatic carbocycles. The van der Waals surface area contributed by atoms with Crippen molar-refractivity contribution in [2.45, 2.75) is 78.6 Å². The van der Waals surface area contributed by atoms with Gasteiger partial charge in [0.05, 0.1) is 0 Å². The Morgan fingerprint density at radius 1 is 1.00 bits per heavy atom. The van der Waals surface area contributed by atoms with Crippen LogP contribution in [0.2, 0.25) is 0 Å². The predicted octanol–water partition coefficient (Wildman–Crippen LogP) is 4.63. The van der Waals surface area contributed by atoms with Crippen molar-refractivity contribution in [1.29, 1.82) is 0 Å². The minimum absolute atomic E-state index is 0.328. The average molecular weight is 267 g/mol. The molecule has 0 atom stereocenters. The molecule has 1 aliphatic carbocycles. The topological polar surface area (TPSA) is 20.3 Å². The molecule has 0 bridgehead atoms. The Balaban J connectivity index is 2.34. The SMILES string of the molecule is CCCCC1CCC(C(=O)N(CC)CCCC)CC1. The molecule has 0 saturated heterocycles. The van der Waals surface area contributed by atoms with Gasteiger partial charge in [-0.15, -0.1) is 0 Å². The van der Waals surface area contributed by atoms with Gasteiger partial charge in [0.25, 0.3) is 0 Å². The predicted molar refractivity (Wildman–Crippen MR) is 82.1 cm³/mol. The van der Waals surface area contributed by atoms with E-state index >= 15 is 0 Å². The van der Waals surface area contributed by atoms with Gasteiger partial charge in [0, 0.05) is 19.0 Å². The van der Waals surface area contributed by atoms with Crippen molar-refractivity contribution in [1.82, 2.24) is 4.90 Å². The fourth-order valence-electron chi connectivity index (χ4n) is 3.22. The van der Waals surface area contributed by atoms with E-state index in [9.17, 15) is 4.79 Å². The van der Waals surface area contributed by atoms with Crippen LogP contribution in [-0.2, 0) is 4.79 Å². The third-order valence-corrected chi connectivity index (χ3v) is 4.64. The van der Waals surface area contributed by atoms with Gasteiger partial charge in [-0.3, -0.25) is 4.79 Å². The second kappa shape index (κ2) is 9.39. The zero-order valence-corrected chi connectivity index (χ0v) is 13.3. The highest BCUT2D eigenvalue weighted by molar-refractivity contribution is 5.78. The molecule has 0 unspecified atom stereocenters. The van der Waals surface area contributed by atoms with Crippen molar-refractivity contribution in [3.8, 4) is 0 Å². The standard InChI is InChI=1S/C17H33NO/c1-4-7-9-15-10-12-16(13-11-15)17(19)18(6-3)14-8-5-2/h15-16H,4-14H2,1-3H3. The molecular weight excluding hydrogens is 234 g/mol. The molecule has 0 aliphatic heterocycles. The number of hydrogen-bond acceptors (Lipinski definition) is 1. The number of nitrogens with zero attached hydrogens (tertiary/aromatic N) is 1. The molecule has 19 heavy (non-hydrogen) atoms. The molecule has 1 amide bonds. The molecule has 0 radical (unpaired) electrons. The Morgan fingerprint density at radius 3 is 2.16 bits per heavy atom. The molecule has 0 N–H and O–H groups in total. The largest absolute Gasteiger partial charge is 0.343 e. The summed E-state index contributed by atoms with van der Waals surface area (Å²) in [5, 5.41) is 0. The van der Waals surface area contributed by atoms with Gasteiger partial charge in [-0.25, -0.2) is 0 Å². The van der Waals surface area contributed by atoms with E-state index in [0.29, 0.717) is 11.8 Å². The summed E-state index contributed by atoms with van der Waals surface area (Å²) in [5.41, 5.74) is 0. The number of carbonyl (C=O) groups excluding carboxylic acids is 1. The summed E-state index contributed by atoms with van der Waals surface area (Å²) in [6.45, 7) is 8.41. The quantitative estimate of drug-likeness (QED) is 0.628. The van der Waals surface area contributed by atoms with Crippen molar-refractivity contribution in [2.24, 2.45) is 11.8 Å². The van der Waals surface area contributed by atoms with Gasteiger partial charge in [0.15, 0.2) is 0 Å². The van der Waals surface area contributed by atoms with Crippen LogP contribution in [0, 0.1) is 11.8 Å². The number of unbranched alkanes of at least 4 members (excludes halogenated alkanes) is 2. The van der Waals surface area contributed by atoms with E-state index in [-0.39, 0.29) is 0 Å². The molecule has 0 aromatic rings. The fourth-order valence-corrected chi connectivity index (χ4v) is 3.22. The first kappa shape index (κ1) is 16.5. The second-order valence-corrected chi connectivity index (χ2v) is 6.13. The van der Waals surface area contributed by atoms with Crippen molar-refractivity contribution >= 4 is 5.91 Å². The van der Waals surface area contributed by atoms with Gasteiger partial charge in [0.1, 0.15) is 0 Å². The summed E-state index contributed by atoms with van der Waals surface area (Å²) >= 11 is 0. The molecule has 112 valence electrons. The summed E-state index contributed by atoms with van der Waals surface area (Å²) in [5.74, 6) is 1.66. The molecule has 2 heteroatoms. The summed E-state index contributed by atoms with van der Waals surface area (Å²) in [6, 6.07) is 0. The Labute approximate surface area is 119 Å². The van der Waals surface area contributed by atoms with Crippen molar-refractivity contribution in [2.75, 3.05) is 13.1 Å². The third kappa shape index (κ3) is 5.54. The van der Waals surface area contributed by atoms with Crippen LogP contribution in [0.4, 0.5) is 0 Å². The highest BCUT2D eigenvalue weighted by Crippen LogP contribution is 2.32. The van der Waals surface area contributed by atoms with Crippen LogP contribution in [-0.4, -0.2) is 23.9 Å². The lowest BCUT2D eigenvalue weighted by Gasteiger charge is -2.31. The lowest BCUT2D eigenvalue weighted by Crippen LogP contribution is -2.38. The summed E-state index contributed by atoms with van der Waals surface area (Å²) < 4.78 is 0. The van der Waals surface area contributed by atoms with Crippen LogP contribution in [0.1, 0.15) is 78.6 Å². The fraction of sp³-hybridized carbons (Fsp3) is 0.941. The number of carbonyl (C=O) groups is 1. The summed E-state index contributed by atoms with van der Waals surface area (Å²) in [4.78, 5) is 14.6. The first-order valence-corrected chi connectivity index (χ1v) is 8.51. The van der Waals surface area contributed by atoms with Gasteiger partial charge in [0.2, 0.25) is 5.91 Å². The minimum atomic E-state index is 0.328. The molecule has 1 aliphatic rings. The second-order valence-electron chi connectivity index (χ2n) is 6.13. The highest BCUT2D eigenvalue weighted by atomic mass is 16.2. The van der Waals surface area contributed by atoms with Crippen LogP contribution in [0.3, 0.4) is 0 Å². The van der Waals surface area contributed by atoms with Gasteiger partial charge in [-0.1, -0.05) is 39.5 Å². The van der Waals surface area contributed by atoms with E-state index in [1.807, 2.05) is 0 Å². The molecule has 1 rings (SSSR count). The summed E-state index contributed by atoms with van der Waals surface area (Å²) in [7, 11) is 0. The maximum Gasteiger partial charge on any atom is 0.225 e. The lowest BCUT2D eigenvalue weighted by molar-refractivity contribution is -0.136. The molecule has 1 saturated carbocycles. The number of amides is 1. The van der Waals surface area contributed by atoms with Crippen molar-refractivity contribution in [3.05, 3.63) is 0 Å². The normalized spacial score (nSPS) is 23.3. The Hall–Kier alpha value is -0.530. The molecule has 2 nitrogen and oxygen atoms in total. The van der Waals surface area contributed by atoms with Crippen LogP contribution in [0.15, 0.2) is 0 Å². The van der Waals surface area contributed by atoms with Gasteiger partial charge >= 0.3 is 0 Å². The van der Waals surface area contributed by atoms with Crippen molar-refractivity contribution in [3.63, 3.8) is 0 Å². The number of rotatable bonds is 8. The van der Waals surface area contributed by atoms with Gasteiger partial charge in [-0.2, -0.15) is 0 Å². The average Bonchev–Trinajstić information content (AvgIpc) is 2.46. The minimum Gasteiger partial charge on any atom is -0.343 e. The molecule has 0 aromatic heterocycles. The van der Waals surface area contributed by atoms with Crippen LogP contribution >= 0.6 is 0 Å². The Kier molecular flexibility index (Phi) is 8.16. The monoisotopic (exact) mass is 267 g/mol. The van der Waals surface area contributed by atoms with Crippen molar-refractivity contribution < 1.29 is 4.79 Å². The van der Waals surface area contributed by atoms with E-state index in [2.05, 4.69) is 25.7 Å². The van der Waals surface area contributed by atoms with E-state index in [1.54, 1.807) is 0 Å². The molecule has 0 heterocycles. The van der Waals surface area contributed by atoms with Crippen LogP contribution in [0.5, 0.6) is 0 Å². The zero-order chi connectivity index (χ0) is 14.1. The highest BCUT2D eigenvalue weighted by Gasteiger charge is 2.28.